The second kappa shape index (κ2) is 6.49. The van der Waals surface area contributed by atoms with Crippen LogP contribution in [0.2, 0.25) is 5.02 Å². The Morgan fingerprint density at radius 1 is 1.35 bits per heavy atom. The maximum atomic E-state index is 11.6. The third-order valence-corrected chi connectivity index (χ3v) is 3.66. The first-order valence-electron chi connectivity index (χ1n) is 5.62. The Morgan fingerprint density at radius 2 is 2.15 bits per heavy atom. The van der Waals surface area contributed by atoms with Crippen LogP contribution in [0.3, 0.4) is 0 Å². The van der Waals surface area contributed by atoms with Crippen molar-refractivity contribution in [3.8, 4) is 0 Å². The predicted octanol–water partition coefficient (Wildman–Crippen LogP) is 2.56. The fourth-order valence-electron chi connectivity index (χ4n) is 1.38. The molecule has 2 amide bonds. The highest BCUT2D eigenvalue weighted by Crippen LogP contribution is 2.26. The molecule has 0 radical (unpaired) electrons. The van der Waals surface area contributed by atoms with E-state index in [0.29, 0.717) is 10.7 Å². The van der Waals surface area contributed by atoms with Crippen LogP contribution in [0, 0.1) is 0 Å². The molecule has 0 aliphatic heterocycles. The number of halogens is 1. The zero-order valence-corrected chi connectivity index (χ0v) is 11.8. The molecule has 5 nitrogen and oxygen atoms in total. The van der Waals surface area contributed by atoms with Crippen molar-refractivity contribution in [2.24, 2.45) is 0 Å². The van der Waals surface area contributed by atoms with Crippen molar-refractivity contribution >= 4 is 40.9 Å². The molecule has 7 heteroatoms. The number of nitrogens with one attached hydrogen (secondary N) is 1. The van der Waals surface area contributed by atoms with Crippen molar-refractivity contribution in [1.82, 2.24) is 5.32 Å². The quantitative estimate of drug-likeness (QED) is 0.669. The van der Waals surface area contributed by atoms with Crippen LogP contribution in [0.1, 0.15) is 10.6 Å². The van der Waals surface area contributed by atoms with E-state index in [1.54, 1.807) is 24.3 Å². The van der Waals surface area contributed by atoms with Crippen molar-refractivity contribution in [1.29, 1.82) is 0 Å². The topological polar surface area (TPSA) is 85.3 Å². The second-order valence-electron chi connectivity index (χ2n) is 3.83. The number of benzene rings is 1. The molecule has 20 heavy (non-hydrogen) atoms. The normalized spacial score (nSPS) is 10.2. The molecule has 3 N–H and O–H groups in total. The van der Waals surface area contributed by atoms with E-state index in [1.807, 2.05) is 0 Å². The number of imide groups is 1. The first-order chi connectivity index (χ1) is 9.56. The zero-order chi connectivity index (χ0) is 14.5. The summed E-state index contributed by atoms with van der Waals surface area (Å²) in [5, 5.41) is 2.66. The molecule has 1 aromatic carbocycles. The van der Waals surface area contributed by atoms with Gasteiger partial charge in [0.1, 0.15) is 0 Å². The molecule has 1 aromatic heterocycles. The van der Waals surface area contributed by atoms with Gasteiger partial charge in [-0.15, -0.1) is 11.8 Å². The van der Waals surface area contributed by atoms with Crippen molar-refractivity contribution in [2.45, 2.75) is 4.90 Å². The first-order valence-corrected chi connectivity index (χ1v) is 6.98. The smallest absolute Gasteiger partial charge is 0.293 e. The molecular weight excluding hydrogens is 300 g/mol. The van der Waals surface area contributed by atoms with Gasteiger partial charge in [-0.1, -0.05) is 11.6 Å². The van der Waals surface area contributed by atoms with E-state index < -0.39 is 11.8 Å². The number of nitrogens with two attached hydrogens (primary N) is 1. The summed E-state index contributed by atoms with van der Waals surface area (Å²) in [6.45, 7) is 0. The third kappa shape index (κ3) is 3.79. The van der Waals surface area contributed by atoms with Gasteiger partial charge in [0.2, 0.25) is 5.91 Å². The lowest BCUT2D eigenvalue weighted by molar-refractivity contribution is -0.117. The molecule has 0 aliphatic carbocycles. The van der Waals surface area contributed by atoms with E-state index in [-0.39, 0.29) is 11.5 Å². The average Bonchev–Trinajstić information content (AvgIpc) is 2.94. The van der Waals surface area contributed by atoms with E-state index in [4.69, 9.17) is 21.8 Å². The molecule has 0 saturated heterocycles. The molecule has 2 aromatic rings. The van der Waals surface area contributed by atoms with Gasteiger partial charge in [0, 0.05) is 4.90 Å². The van der Waals surface area contributed by atoms with Crippen molar-refractivity contribution in [2.75, 3.05) is 11.5 Å². The summed E-state index contributed by atoms with van der Waals surface area (Å²) in [4.78, 5) is 24.0. The molecular formula is C13H11ClN2O3S. The molecule has 0 unspecified atom stereocenters. The van der Waals surface area contributed by atoms with Gasteiger partial charge in [0.25, 0.3) is 5.91 Å². The minimum absolute atomic E-state index is 0.0900. The largest absolute Gasteiger partial charge is 0.459 e. The fourth-order valence-corrected chi connectivity index (χ4v) is 2.36. The summed E-state index contributed by atoms with van der Waals surface area (Å²) >= 11 is 7.13. The number of carbonyl (C=O) groups is 2. The third-order valence-electron chi connectivity index (χ3n) is 2.34. The van der Waals surface area contributed by atoms with Crippen LogP contribution in [-0.2, 0) is 4.79 Å². The maximum Gasteiger partial charge on any atom is 0.293 e. The minimum Gasteiger partial charge on any atom is -0.459 e. The number of thioether (sulfide) groups is 1. The number of furan rings is 1. The molecule has 1 heterocycles. The van der Waals surface area contributed by atoms with E-state index in [9.17, 15) is 9.59 Å². The Bertz CT molecular complexity index is 629. The SMILES string of the molecule is Nc1ccc(SCC(=O)NC(=O)c2ccco2)cc1Cl. The van der Waals surface area contributed by atoms with Crippen LogP contribution in [-0.4, -0.2) is 17.6 Å². The van der Waals surface area contributed by atoms with Crippen LogP contribution in [0.15, 0.2) is 45.9 Å². The van der Waals surface area contributed by atoms with Crippen LogP contribution < -0.4 is 11.1 Å². The summed E-state index contributed by atoms with van der Waals surface area (Å²) in [6.07, 6.45) is 1.37. The Morgan fingerprint density at radius 3 is 2.80 bits per heavy atom. The van der Waals surface area contributed by atoms with E-state index in [0.717, 1.165) is 4.90 Å². The van der Waals surface area contributed by atoms with Crippen molar-refractivity contribution in [3.63, 3.8) is 0 Å². The molecule has 0 aliphatic rings. The number of carbonyl (C=O) groups excluding carboxylic acids is 2. The molecule has 0 spiro atoms. The van der Waals surface area contributed by atoms with Gasteiger partial charge < -0.3 is 10.2 Å². The molecule has 0 saturated carbocycles. The summed E-state index contributed by atoms with van der Waals surface area (Å²) in [5.41, 5.74) is 6.07. The van der Waals surface area contributed by atoms with Gasteiger partial charge in [-0.05, 0) is 30.3 Å². The second-order valence-corrected chi connectivity index (χ2v) is 5.28. The van der Waals surface area contributed by atoms with Crippen LogP contribution in [0.25, 0.3) is 0 Å². The Labute approximate surface area is 124 Å². The molecule has 0 fully saturated rings. The Balaban J connectivity index is 1.86. The summed E-state index contributed by atoms with van der Waals surface area (Å²) in [7, 11) is 0. The molecule has 0 atom stereocenters. The van der Waals surface area contributed by atoms with E-state index >= 15 is 0 Å². The van der Waals surface area contributed by atoms with Gasteiger partial charge >= 0.3 is 0 Å². The highest BCUT2D eigenvalue weighted by molar-refractivity contribution is 8.00. The van der Waals surface area contributed by atoms with E-state index in [2.05, 4.69) is 5.32 Å². The number of rotatable bonds is 4. The highest BCUT2D eigenvalue weighted by atomic mass is 35.5. The number of hydrogen-bond acceptors (Lipinski definition) is 5. The lowest BCUT2D eigenvalue weighted by Crippen LogP contribution is -2.31. The Kier molecular flexibility index (Phi) is 4.70. The first kappa shape index (κ1) is 14.5. The van der Waals surface area contributed by atoms with Gasteiger partial charge in [0.05, 0.1) is 22.7 Å². The van der Waals surface area contributed by atoms with Crippen molar-refractivity contribution < 1.29 is 14.0 Å². The number of amides is 2. The molecule has 104 valence electrons. The van der Waals surface area contributed by atoms with E-state index in [1.165, 1.54) is 24.1 Å². The molecule has 0 bridgehead atoms. The van der Waals surface area contributed by atoms with Gasteiger partial charge in [-0.3, -0.25) is 14.9 Å². The average molecular weight is 311 g/mol. The minimum atomic E-state index is -0.559. The molecule has 2 rings (SSSR count). The van der Waals surface area contributed by atoms with Gasteiger partial charge in [0.15, 0.2) is 5.76 Å². The fraction of sp³-hybridized carbons (Fsp3) is 0.0769. The van der Waals surface area contributed by atoms with Crippen LogP contribution >= 0.6 is 23.4 Å². The lowest BCUT2D eigenvalue weighted by Gasteiger charge is -2.04. The standard InChI is InChI=1S/C13H11ClN2O3S/c14-9-6-8(3-4-10(9)15)20-7-12(17)16-13(18)11-2-1-5-19-11/h1-6H,7,15H2,(H,16,17,18). The van der Waals surface area contributed by atoms with Crippen LogP contribution in [0.5, 0.6) is 0 Å². The monoisotopic (exact) mass is 310 g/mol. The number of nitrogen functional groups attached to an aromatic ring is 1. The zero-order valence-electron chi connectivity index (χ0n) is 10.3. The summed E-state index contributed by atoms with van der Waals surface area (Å²) < 4.78 is 4.89. The van der Waals surface area contributed by atoms with Crippen molar-refractivity contribution in [3.05, 3.63) is 47.4 Å². The number of hydrogen-bond donors (Lipinski definition) is 2. The predicted molar refractivity (Wildman–Crippen MR) is 77.8 cm³/mol. The highest BCUT2D eigenvalue weighted by Gasteiger charge is 2.12. The Hall–Kier alpha value is -1.92. The summed E-state index contributed by atoms with van der Waals surface area (Å²) in [5.74, 6) is -0.786. The lowest BCUT2D eigenvalue weighted by atomic mass is 10.3. The van der Waals surface area contributed by atoms with Crippen LogP contribution in [0.4, 0.5) is 5.69 Å². The van der Waals surface area contributed by atoms with Gasteiger partial charge in [-0.25, -0.2) is 0 Å². The van der Waals surface area contributed by atoms with Gasteiger partial charge in [-0.2, -0.15) is 0 Å². The summed E-state index contributed by atoms with van der Waals surface area (Å²) in [6, 6.07) is 8.15. The number of anilines is 1. The maximum absolute atomic E-state index is 11.6.